The third-order valence-electron chi connectivity index (χ3n) is 2.86. The summed E-state index contributed by atoms with van der Waals surface area (Å²) in [7, 11) is 0. The lowest BCUT2D eigenvalue weighted by Crippen LogP contribution is -2.03. The first-order chi connectivity index (χ1) is 10.9. The zero-order chi connectivity index (χ0) is 17.9. The number of unbranched alkanes of at least 4 members (excludes halogenated alkanes) is 8. The van der Waals surface area contributed by atoms with Crippen LogP contribution in [-0.2, 0) is 29.0 Å². The minimum atomic E-state index is -0.639. The van der Waals surface area contributed by atoms with E-state index in [0.717, 1.165) is 26.7 Å². The molecular weight excluding hydrogens is 304 g/mol. The molecule has 0 amide bonds. The van der Waals surface area contributed by atoms with E-state index in [1.807, 2.05) is 0 Å². The van der Waals surface area contributed by atoms with Gasteiger partial charge in [-0.2, -0.15) is 5.26 Å². The number of rotatable bonds is 10. The summed E-state index contributed by atoms with van der Waals surface area (Å²) in [5.74, 6) is -1.79. The van der Waals surface area contributed by atoms with Gasteiger partial charge < -0.3 is 4.89 Å². The van der Waals surface area contributed by atoms with Crippen molar-refractivity contribution in [3.63, 3.8) is 0 Å². The Labute approximate surface area is 138 Å². The van der Waals surface area contributed by atoms with Crippen molar-refractivity contribution in [2.24, 2.45) is 0 Å². The number of hydrogen-bond donors (Lipinski definition) is 1. The van der Waals surface area contributed by atoms with Crippen LogP contribution >= 0.6 is 0 Å². The maximum atomic E-state index is 10.5. The molecule has 0 aromatic carbocycles. The van der Waals surface area contributed by atoms with Crippen LogP contribution in [0.4, 0.5) is 0 Å². The van der Waals surface area contributed by atoms with Gasteiger partial charge in [-0.05, 0) is 6.42 Å². The van der Waals surface area contributed by atoms with Gasteiger partial charge in [0.25, 0.3) is 0 Å². The van der Waals surface area contributed by atoms with E-state index >= 15 is 0 Å². The topological polar surface area (TPSA) is 99.1 Å². The summed E-state index contributed by atoms with van der Waals surface area (Å²) in [6, 6.07) is 0. The predicted molar refractivity (Wildman–Crippen MR) is 84.1 cm³/mol. The highest BCUT2D eigenvalue weighted by Gasteiger charge is 2.00. The summed E-state index contributed by atoms with van der Waals surface area (Å²) >= 11 is 0. The van der Waals surface area contributed by atoms with Crippen LogP contribution in [0.25, 0.3) is 0 Å². The lowest BCUT2D eigenvalue weighted by atomic mass is 10.1. The van der Waals surface area contributed by atoms with Crippen LogP contribution in [0.3, 0.4) is 0 Å². The third kappa shape index (κ3) is 25.7. The van der Waals surface area contributed by atoms with Crippen molar-refractivity contribution in [3.8, 4) is 0 Å². The molecule has 0 rings (SSSR count). The zero-order valence-corrected chi connectivity index (χ0v) is 14.5. The van der Waals surface area contributed by atoms with E-state index < -0.39 is 17.9 Å². The van der Waals surface area contributed by atoms with Crippen LogP contribution in [0.15, 0.2) is 0 Å². The number of carbonyl (C=O) groups is 3. The van der Waals surface area contributed by atoms with Gasteiger partial charge in [-0.15, -0.1) is 0 Å². The molecule has 0 aliphatic rings. The van der Waals surface area contributed by atoms with Crippen LogP contribution in [0, 0.1) is 0 Å². The molecule has 0 fully saturated rings. The van der Waals surface area contributed by atoms with Gasteiger partial charge in [0.15, 0.2) is 0 Å². The molecular formula is C16H30O7. The Bertz CT molecular complexity index is 302. The molecule has 0 saturated heterocycles. The Hall–Kier alpha value is -1.63. The maximum Gasteiger partial charge on any atom is 0.352 e. The van der Waals surface area contributed by atoms with Gasteiger partial charge in [0, 0.05) is 20.3 Å². The van der Waals surface area contributed by atoms with Crippen molar-refractivity contribution in [1.29, 1.82) is 0 Å². The summed E-state index contributed by atoms with van der Waals surface area (Å²) in [4.78, 5) is 41.5. The third-order valence-corrected chi connectivity index (χ3v) is 2.86. The van der Waals surface area contributed by atoms with Crippen LogP contribution < -0.4 is 0 Å². The Kier molecular flexibility index (Phi) is 18.9. The van der Waals surface area contributed by atoms with Crippen molar-refractivity contribution in [2.75, 3.05) is 0 Å². The lowest BCUT2D eigenvalue weighted by Gasteiger charge is -2.00. The van der Waals surface area contributed by atoms with Crippen LogP contribution in [-0.4, -0.2) is 23.2 Å². The summed E-state index contributed by atoms with van der Waals surface area (Å²) in [6.45, 7) is 4.51. The van der Waals surface area contributed by atoms with E-state index in [9.17, 15) is 14.4 Å². The maximum absolute atomic E-state index is 10.5. The minimum Gasteiger partial charge on any atom is -0.301 e. The Morgan fingerprint density at radius 1 is 0.739 bits per heavy atom. The minimum absolute atomic E-state index is 0.340. The van der Waals surface area contributed by atoms with Gasteiger partial charge in [0.05, 0.1) is 0 Å². The largest absolute Gasteiger partial charge is 0.352 e. The van der Waals surface area contributed by atoms with E-state index in [1.165, 1.54) is 44.9 Å². The first-order valence-corrected chi connectivity index (χ1v) is 8.13. The molecule has 0 aromatic rings. The average Bonchev–Trinajstić information content (AvgIpc) is 2.51. The highest BCUT2D eigenvalue weighted by molar-refractivity contribution is 5.69. The molecule has 23 heavy (non-hydrogen) atoms. The molecule has 7 nitrogen and oxygen atoms in total. The highest BCUT2D eigenvalue weighted by Crippen LogP contribution is 2.10. The second-order valence-electron chi connectivity index (χ2n) is 5.19. The molecule has 7 heteroatoms. The molecule has 1 N–H and O–H groups in total. The van der Waals surface area contributed by atoms with Crippen molar-refractivity contribution in [1.82, 2.24) is 0 Å². The van der Waals surface area contributed by atoms with Gasteiger partial charge in [0.1, 0.15) is 0 Å². The van der Waals surface area contributed by atoms with Crippen molar-refractivity contribution in [3.05, 3.63) is 0 Å². The van der Waals surface area contributed by atoms with Crippen molar-refractivity contribution in [2.45, 2.75) is 85.0 Å². The SMILES string of the molecule is CC(=O)OOC(C)=O.CCCCCCCCCCCC(=O)OO. The molecule has 0 unspecified atom stereocenters. The van der Waals surface area contributed by atoms with E-state index in [0.29, 0.717) is 6.42 Å². The number of hydrogen-bond acceptors (Lipinski definition) is 7. The van der Waals surface area contributed by atoms with E-state index in [2.05, 4.69) is 21.6 Å². The molecule has 0 aliphatic carbocycles. The van der Waals surface area contributed by atoms with Gasteiger partial charge >= 0.3 is 17.9 Å². The predicted octanol–water partition coefficient (Wildman–Crippen LogP) is 3.95. The molecule has 0 bridgehead atoms. The molecule has 0 aromatic heterocycles. The first-order valence-electron chi connectivity index (χ1n) is 8.13. The Morgan fingerprint density at radius 2 is 1.13 bits per heavy atom. The highest BCUT2D eigenvalue weighted by atomic mass is 17.2. The monoisotopic (exact) mass is 334 g/mol. The molecule has 0 saturated carbocycles. The fraction of sp³-hybridized carbons (Fsp3) is 0.812. The normalized spacial score (nSPS) is 9.39. The summed E-state index contributed by atoms with van der Waals surface area (Å²) in [5, 5.41) is 8.01. The van der Waals surface area contributed by atoms with E-state index in [1.54, 1.807) is 0 Å². The summed E-state index contributed by atoms with van der Waals surface area (Å²) in [6.07, 6.45) is 11.3. The zero-order valence-electron chi connectivity index (χ0n) is 14.5. The second kappa shape index (κ2) is 18.4. The average molecular weight is 334 g/mol. The van der Waals surface area contributed by atoms with Crippen molar-refractivity contribution < 1.29 is 34.3 Å². The quantitative estimate of drug-likeness (QED) is 0.367. The van der Waals surface area contributed by atoms with Crippen LogP contribution in [0.5, 0.6) is 0 Å². The van der Waals surface area contributed by atoms with Gasteiger partial charge in [0.2, 0.25) is 0 Å². The molecule has 0 heterocycles. The van der Waals surface area contributed by atoms with E-state index in [-0.39, 0.29) is 0 Å². The van der Waals surface area contributed by atoms with Gasteiger partial charge in [-0.3, -0.25) is 0 Å². The lowest BCUT2D eigenvalue weighted by molar-refractivity contribution is -0.255. The molecule has 136 valence electrons. The molecule has 0 radical (unpaired) electrons. The second-order valence-corrected chi connectivity index (χ2v) is 5.19. The van der Waals surface area contributed by atoms with Crippen molar-refractivity contribution >= 4 is 17.9 Å². The smallest absolute Gasteiger partial charge is 0.301 e. The molecule has 0 atom stereocenters. The number of carbonyl (C=O) groups excluding carboxylic acids is 3. The standard InChI is InChI=1S/C12H24O3.C4H6O4/c1-2-3-4-5-6-7-8-9-10-11-12(13)15-14;1-3(5)7-8-4(2)6/h14H,2-11H2,1H3;1-2H3. The summed E-state index contributed by atoms with van der Waals surface area (Å²) < 4.78 is 0. The van der Waals surface area contributed by atoms with Crippen LogP contribution in [0.1, 0.15) is 85.0 Å². The van der Waals surface area contributed by atoms with Gasteiger partial charge in [-0.25, -0.2) is 24.2 Å². The fourth-order valence-corrected chi connectivity index (χ4v) is 1.74. The Morgan fingerprint density at radius 3 is 1.48 bits per heavy atom. The van der Waals surface area contributed by atoms with Gasteiger partial charge in [-0.1, -0.05) is 58.3 Å². The van der Waals surface area contributed by atoms with Crippen LogP contribution in [0.2, 0.25) is 0 Å². The molecule has 0 spiro atoms. The van der Waals surface area contributed by atoms with E-state index in [4.69, 9.17) is 5.26 Å². The fourth-order valence-electron chi connectivity index (χ4n) is 1.74. The summed E-state index contributed by atoms with van der Waals surface area (Å²) in [5.41, 5.74) is 0. The molecule has 0 aliphatic heterocycles. The Balaban J connectivity index is 0. The first kappa shape index (κ1) is 23.6.